The molecule has 1 saturated carbocycles. The number of halogens is 4. The van der Waals surface area contributed by atoms with E-state index in [4.69, 9.17) is 61.6 Å². The standard InChI is InChI=1S/C22H16Cl4N2O4S/c23-12-13(24)15(26)17-16(14(12)25)31-21-8-4-5-9-22(21,32-17)33-20(11(21)18(27)29)28-19(30)10-6-2-1-3-7-10/h1-3,6-7H,4-5,8-9H2,(H2,27,29)(H,28,30)/t21-,22-/m1/s1. The number of carbonyl (C=O) groups excluding carboxylic acids is 2. The normalized spacial score (nSPS) is 25.3. The number of nitrogens with two attached hydrogens (primary N) is 1. The summed E-state index contributed by atoms with van der Waals surface area (Å²) in [6, 6.07) is 8.64. The largest absolute Gasteiger partial charge is 0.471 e. The molecule has 6 nitrogen and oxygen atoms in total. The highest BCUT2D eigenvalue weighted by Gasteiger charge is 2.69. The van der Waals surface area contributed by atoms with Gasteiger partial charge in [-0.3, -0.25) is 9.59 Å². The first-order valence-electron chi connectivity index (χ1n) is 10.0. The Hall–Kier alpha value is -1.77. The zero-order valence-corrected chi connectivity index (χ0v) is 20.7. The number of hydrogen-bond acceptors (Lipinski definition) is 5. The molecule has 2 amide bonds. The van der Waals surface area contributed by atoms with Crippen LogP contribution in [0.15, 0.2) is 40.9 Å². The molecule has 33 heavy (non-hydrogen) atoms. The van der Waals surface area contributed by atoms with Gasteiger partial charge in [-0.05, 0) is 31.4 Å². The first kappa shape index (κ1) is 23.0. The van der Waals surface area contributed by atoms with E-state index in [9.17, 15) is 9.59 Å². The number of amides is 2. The van der Waals surface area contributed by atoms with Crippen molar-refractivity contribution in [3.8, 4) is 11.5 Å². The first-order valence-corrected chi connectivity index (χ1v) is 12.4. The van der Waals surface area contributed by atoms with Crippen LogP contribution >= 0.6 is 58.2 Å². The van der Waals surface area contributed by atoms with E-state index in [0.717, 1.165) is 12.8 Å². The quantitative estimate of drug-likeness (QED) is 0.367. The Balaban J connectivity index is 1.66. The minimum atomic E-state index is -1.29. The van der Waals surface area contributed by atoms with E-state index in [1.54, 1.807) is 30.3 Å². The van der Waals surface area contributed by atoms with Gasteiger partial charge >= 0.3 is 0 Å². The lowest BCUT2D eigenvalue weighted by Gasteiger charge is -2.51. The number of primary amides is 1. The molecule has 0 saturated heterocycles. The van der Waals surface area contributed by atoms with Gasteiger partial charge in [0.2, 0.25) is 4.93 Å². The monoisotopic (exact) mass is 544 g/mol. The fraction of sp³-hybridized carbons (Fsp3) is 0.273. The maximum atomic E-state index is 12.9. The Kier molecular flexibility index (Phi) is 5.69. The van der Waals surface area contributed by atoms with Crippen molar-refractivity contribution in [2.24, 2.45) is 5.73 Å². The maximum Gasteiger partial charge on any atom is 0.256 e. The van der Waals surface area contributed by atoms with Crippen LogP contribution in [-0.4, -0.2) is 22.3 Å². The van der Waals surface area contributed by atoms with Crippen molar-refractivity contribution in [2.75, 3.05) is 0 Å². The van der Waals surface area contributed by atoms with Crippen molar-refractivity contribution in [2.45, 2.75) is 36.2 Å². The average molecular weight is 546 g/mol. The second-order valence-corrected chi connectivity index (χ2v) is 10.7. The SMILES string of the molecule is NC(=O)C1=C(NC(=O)c2ccccc2)S[C@]23CCCC[C@@]12Oc1c(Cl)c(Cl)c(Cl)c(Cl)c1O3. The number of rotatable bonds is 3. The molecule has 0 bridgehead atoms. The molecule has 2 aromatic rings. The van der Waals surface area contributed by atoms with E-state index in [0.29, 0.717) is 18.4 Å². The minimum Gasteiger partial charge on any atom is -0.471 e. The van der Waals surface area contributed by atoms with Crippen LogP contribution in [0.4, 0.5) is 0 Å². The highest BCUT2D eigenvalue weighted by atomic mass is 35.5. The lowest BCUT2D eigenvalue weighted by atomic mass is 9.75. The summed E-state index contributed by atoms with van der Waals surface area (Å²) < 4.78 is 12.9. The summed E-state index contributed by atoms with van der Waals surface area (Å²) in [5, 5.41) is 3.23. The van der Waals surface area contributed by atoms with Gasteiger partial charge < -0.3 is 20.5 Å². The van der Waals surface area contributed by atoms with Crippen molar-refractivity contribution < 1.29 is 19.1 Å². The maximum absolute atomic E-state index is 12.9. The lowest BCUT2D eigenvalue weighted by molar-refractivity contribution is -0.123. The van der Waals surface area contributed by atoms with Crippen LogP contribution in [-0.2, 0) is 4.79 Å². The zero-order chi connectivity index (χ0) is 23.5. The molecule has 0 aromatic heterocycles. The molecule has 5 rings (SSSR count). The van der Waals surface area contributed by atoms with E-state index >= 15 is 0 Å². The Morgan fingerprint density at radius 3 is 2.15 bits per heavy atom. The van der Waals surface area contributed by atoms with Gasteiger partial charge in [-0.1, -0.05) is 76.4 Å². The van der Waals surface area contributed by atoms with Crippen molar-refractivity contribution in [1.29, 1.82) is 0 Å². The predicted octanol–water partition coefficient (Wildman–Crippen LogP) is 5.95. The molecule has 0 spiro atoms. The molecule has 2 heterocycles. The average Bonchev–Trinajstić information content (AvgIpc) is 3.10. The van der Waals surface area contributed by atoms with Gasteiger partial charge in [0.1, 0.15) is 10.0 Å². The summed E-state index contributed by atoms with van der Waals surface area (Å²) >= 11 is 26.6. The second-order valence-electron chi connectivity index (χ2n) is 7.90. The second kappa shape index (κ2) is 8.17. The lowest BCUT2D eigenvalue weighted by Crippen LogP contribution is -2.63. The van der Waals surface area contributed by atoms with E-state index < -0.39 is 16.4 Å². The Morgan fingerprint density at radius 2 is 1.52 bits per heavy atom. The fourth-order valence-electron chi connectivity index (χ4n) is 4.58. The summed E-state index contributed by atoms with van der Waals surface area (Å²) in [4.78, 5) is 24.6. The van der Waals surface area contributed by atoms with Crippen LogP contribution < -0.4 is 20.5 Å². The van der Waals surface area contributed by atoms with Gasteiger partial charge in [-0.25, -0.2) is 0 Å². The molecule has 3 aliphatic rings. The van der Waals surface area contributed by atoms with Crippen LogP contribution in [0, 0.1) is 0 Å². The predicted molar refractivity (Wildman–Crippen MR) is 129 cm³/mol. The Labute approximate surface area is 213 Å². The van der Waals surface area contributed by atoms with Crippen LogP contribution in [0.2, 0.25) is 20.1 Å². The van der Waals surface area contributed by atoms with Crippen LogP contribution in [0.3, 0.4) is 0 Å². The molecule has 11 heteroatoms. The first-order chi connectivity index (χ1) is 15.7. The van der Waals surface area contributed by atoms with Gasteiger partial charge in [-0.2, -0.15) is 0 Å². The Bertz CT molecular complexity index is 1240. The smallest absolute Gasteiger partial charge is 0.256 e. The highest BCUT2D eigenvalue weighted by molar-refractivity contribution is 8.04. The molecule has 1 fully saturated rings. The molecule has 0 radical (unpaired) electrons. The van der Waals surface area contributed by atoms with Crippen molar-refractivity contribution in [3.63, 3.8) is 0 Å². The van der Waals surface area contributed by atoms with Crippen molar-refractivity contribution in [1.82, 2.24) is 5.32 Å². The molecule has 0 unspecified atom stereocenters. The third kappa shape index (κ3) is 3.32. The van der Waals surface area contributed by atoms with Gasteiger partial charge in [0.05, 0.1) is 20.6 Å². The van der Waals surface area contributed by atoms with E-state index in [1.807, 2.05) is 0 Å². The van der Waals surface area contributed by atoms with Crippen LogP contribution in [0.5, 0.6) is 11.5 Å². The number of hydrogen-bond donors (Lipinski definition) is 2. The van der Waals surface area contributed by atoms with Gasteiger partial charge in [-0.15, -0.1) is 0 Å². The summed E-state index contributed by atoms with van der Waals surface area (Å²) in [6.45, 7) is 0. The topological polar surface area (TPSA) is 90.7 Å². The molecular formula is C22H16Cl4N2O4S. The number of ether oxygens (including phenoxy) is 2. The molecule has 2 aliphatic heterocycles. The molecule has 1 aliphatic carbocycles. The highest BCUT2D eigenvalue weighted by Crippen LogP contribution is 2.66. The number of carbonyl (C=O) groups is 2. The third-order valence-corrected chi connectivity index (χ3v) is 9.26. The van der Waals surface area contributed by atoms with Crippen molar-refractivity contribution in [3.05, 3.63) is 66.6 Å². The number of thioether (sulfide) groups is 1. The van der Waals surface area contributed by atoms with E-state index in [2.05, 4.69) is 5.32 Å². The molecule has 172 valence electrons. The summed E-state index contributed by atoms with van der Waals surface area (Å²) in [6.07, 6.45) is 2.46. The van der Waals surface area contributed by atoms with Crippen molar-refractivity contribution >= 4 is 70.0 Å². The van der Waals surface area contributed by atoms with Gasteiger partial charge in [0.15, 0.2) is 17.1 Å². The summed E-state index contributed by atoms with van der Waals surface area (Å²) in [5.41, 5.74) is 5.11. The molecule has 2 aromatic carbocycles. The number of nitrogens with one attached hydrogen (secondary N) is 1. The third-order valence-electron chi connectivity index (χ3n) is 6.03. The zero-order valence-electron chi connectivity index (χ0n) is 16.8. The molecule has 3 N–H and O–H groups in total. The van der Waals surface area contributed by atoms with Crippen LogP contribution in [0.25, 0.3) is 0 Å². The summed E-state index contributed by atoms with van der Waals surface area (Å²) in [5.74, 6) is -0.896. The molecule has 2 atom stereocenters. The Morgan fingerprint density at radius 1 is 0.909 bits per heavy atom. The van der Waals surface area contributed by atoms with E-state index in [1.165, 1.54) is 11.8 Å². The fourth-order valence-corrected chi connectivity index (χ4v) is 7.10. The van der Waals surface area contributed by atoms with Gasteiger partial charge in [0, 0.05) is 12.0 Å². The van der Waals surface area contributed by atoms with E-state index in [-0.39, 0.29) is 48.1 Å². The summed E-state index contributed by atoms with van der Waals surface area (Å²) in [7, 11) is 0. The van der Waals surface area contributed by atoms with Gasteiger partial charge in [0.25, 0.3) is 11.8 Å². The molecular weight excluding hydrogens is 530 g/mol. The van der Waals surface area contributed by atoms with Crippen LogP contribution in [0.1, 0.15) is 36.0 Å². The number of benzene rings is 2. The minimum absolute atomic E-state index is 0.0123. The number of fused-ring (bicyclic) bond motifs is 1.